The molecule has 110 valence electrons. The van der Waals surface area contributed by atoms with Gasteiger partial charge in [-0.05, 0) is 18.9 Å². The summed E-state index contributed by atoms with van der Waals surface area (Å²) in [5.41, 5.74) is 6.62. The number of nitrogen functional groups attached to an aromatic ring is 1. The second-order valence-corrected chi connectivity index (χ2v) is 6.35. The highest BCUT2D eigenvalue weighted by molar-refractivity contribution is 7.87. The first kappa shape index (κ1) is 14.5. The van der Waals surface area contributed by atoms with E-state index in [0.717, 1.165) is 8.28 Å². The van der Waals surface area contributed by atoms with Gasteiger partial charge in [-0.25, -0.2) is 9.78 Å². The molecule has 0 radical (unpaired) electrons. The smallest absolute Gasteiger partial charge is 0.331 e. The summed E-state index contributed by atoms with van der Waals surface area (Å²) >= 11 is 0. The van der Waals surface area contributed by atoms with Gasteiger partial charge in [0, 0.05) is 19.2 Å². The Balaban J connectivity index is 2.59. The lowest BCUT2D eigenvalue weighted by atomic mass is 10.0. The number of carbonyl (C=O) groups is 1. The van der Waals surface area contributed by atoms with Crippen LogP contribution in [0.2, 0.25) is 0 Å². The van der Waals surface area contributed by atoms with Gasteiger partial charge in [-0.3, -0.25) is 0 Å². The molecule has 20 heavy (non-hydrogen) atoms. The van der Waals surface area contributed by atoms with Crippen LogP contribution in [0.4, 0.5) is 5.95 Å². The predicted molar refractivity (Wildman–Crippen MR) is 73.2 cm³/mol. The lowest BCUT2D eigenvalue weighted by Crippen LogP contribution is -2.34. The largest absolute Gasteiger partial charge is 0.478 e. The normalized spacial score (nSPS) is 15.1. The van der Waals surface area contributed by atoms with Crippen molar-refractivity contribution in [3.05, 3.63) is 17.0 Å². The summed E-state index contributed by atoms with van der Waals surface area (Å²) < 4.78 is 26.9. The molecule has 0 aromatic carbocycles. The fraction of sp³-hybridized carbons (Fsp3) is 0.455. The first-order valence-corrected chi connectivity index (χ1v) is 7.46. The van der Waals surface area contributed by atoms with Crippen LogP contribution in [0, 0.1) is 0 Å². The standard InChI is InChI=1S/C11H16N4O4S/c1-3-14(2)20(18,19)15-9-5-4-7(10(16)17)6-8(9)13-11(15)12/h6H,3-5H2,1-2H3,(H2,12,13)(H,16,17). The molecule has 1 aromatic heterocycles. The lowest BCUT2D eigenvalue weighted by Gasteiger charge is -2.19. The SMILES string of the molecule is CCN(C)S(=O)(=O)n1c(N)nc2c1CCC(C(=O)O)=C2. The van der Waals surface area contributed by atoms with E-state index in [0.29, 0.717) is 17.9 Å². The molecule has 8 nitrogen and oxygen atoms in total. The zero-order valence-electron chi connectivity index (χ0n) is 11.2. The van der Waals surface area contributed by atoms with Gasteiger partial charge < -0.3 is 10.8 Å². The van der Waals surface area contributed by atoms with Crippen LogP contribution in [0.15, 0.2) is 5.57 Å². The molecule has 0 bridgehead atoms. The van der Waals surface area contributed by atoms with Crippen LogP contribution >= 0.6 is 0 Å². The van der Waals surface area contributed by atoms with Gasteiger partial charge in [0.2, 0.25) is 5.95 Å². The number of anilines is 1. The Morgan fingerprint density at radius 3 is 2.75 bits per heavy atom. The van der Waals surface area contributed by atoms with Gasteiger partial charge in [0.25, 0.3) is 0 Å². The van der Waals surface area contributed by atoms with Crippen LogP contribution in [0.3, 0.4) is 0 Å². The highest BCUT2D eigenvalue weighted by atomic mass is 32.2. The van der Waals surface area contributed by atoms with Gasteiger partial charge in [0.15, 0.2) is 0 Å². The van der Waals surface area contributed by atoms with Crippen molar-refractivity contribution in [2.75, 3.05) is 19.3 Å². The molecule has 1 aliphatic rings. The molecule has 0 saturated heterocycles. The Bertz CT molecular complexity index is 690. The highest BCUT2D eigenvalue weighted by Gasteiger charge is 2.29. The quantitative estimate of drug-likeness (QED) is 0.803. The number of fused-ring (bicyclic) bond motifs is 1. The second kappa shape index (κ2) is 4.91. The molecule has 0 fully saturated rings. The van der Waals surface area contributed by atoms with Crippen LogP contribution in [-0.4, -0.2) is 46.3 Å². The Labute approximate surface area is 116 Å². The number of nitrogens with two attached hydrogens (primary N) is 1. The van der Waals surface area contributed by atoms with Crippen molar-refractivity contribution in [3.8, 4) is 0 Å². The second-order valence-electron chi connectivity index (χ2n) is 4.46. The van der Waals surface area contributed by atoms with Crippen LogP contribution in [0.5, 0.6) is 0 Å². The first-order valence-electron chi connectivity index (χ1n) is 6.06. The number of carboxylic acids is 1. The number of hydrogen-bond donors (Lipinski definition) is 2. The van der Waals surface area contributed by atoms with Crippen molar-refractivity contribution in [1.82, 2.24) is 13.3 Å². The molecular weight excluding hydrogens is 284 g/mol. The van der Waals surface area contributed by atoms with Crippen molar-refractivity contribution >= 4 is 28.2 Å². The minimum absolute atomic E-state index is 0.154. The number of rotatable bonds is 4. The van der Waals surface area contributed by atoms with E-state index in [-0.39, 0.29) is 24.4 Å². The van der Waals surface area contributed by atoms with Crippen molar-refractivity contribution in [2.45, 2.75) is 19.8 Å². The zero-order chi connectivity index (χ0) is 15.1. The van der Waals surface area contributed by atoms with E-state index in [1.165, 1.54) is 13.1 Å². The fourth-order valence-corrected chi connectivity index (χ4v) is 3.39. The van der Waals surface area contributed by atoms with Gasteiger partial charge in [0.1, 0.15) is 0 Å². The first-order chi connectivity index (χ1) is 9.28. The van der Waals surface area contributed by atoms with E-state index in [1.807, 2.05) is 0 Å². The average molecular weight is 300 g/mol. The summed E-state index contributed by atoms with van der Waals surface area (Å²) in [6.45, 7) is 2.00. The number of aliphatic carboxylic acids is 1. The molecule has 2 rings (SSSR count). The highest BCUT2D eigenvalue weighted by Crippen LogP contribution is 2.27. The molecule has 1 aromatic rings. The van der Waals surface area contributed by atoms with Crippen LogP contribution < -0.4 is 5.73 Å². The van der Waals surface area contributed by atoms with E-state index < -0.39 is 16.2 Å². The third-order valence-corrected chi connectivity index (χ3v) is 5.19. The lowest BCUT2D eigenvalue weighted by molar-refractivity contribution is -0.132. The van der Waals surface area contributed by atoms with Crippen molar-refractivity contribution < 1.29 is 18.3 Å². The van der Waals surface area contributed by atoms with Gasteiger partial charge in [-0.1, -0.05) is 6.92 Å². The number of hydrogen-bond acceptors (Lipinski definition) is 5. The Kier molecular flexibility index (Phi) is 3.57. The summed E-state index contributed by atoms with van der Waals surface area (Å²) in [7, 11) is -2.32. The molecule has 1 aliphatic carbocycles. The minimum atomic E-state index is -3.77. The molecule has 0 saturated carbocycles. The maximum atomic E-state index is 12.4. The molecule has 0 spiro atoms. The Morgan fingerprint density at radius 1 is 1.55 bits per heavy atom. The number of nitrogens with zero attached hydrogens (tertiary/aromatic N) is 3. The maximum absolute atomic E-state index is 12.4. The van der Waals surface area contributed by atoms with Gasteiger partial charge in [-0.15, -0.1) is 0 Å². The van der Waals surface area contributed by atoms with Gasteiger partial charge >= 0.3 is 16.2 Å². The molecule has 0 amide bonds. The summed E-state index contributed by atoms with van der Waals surface area (Å²) in [4.78, 5) is 14.9. The van der Waals surface area contributed by atoms with Gasteiger partial charge in [-0.2, -0.15) is 16.7 Å². The summed E-state index contributed by atoms with van der Waals surface area (Å²) in [6, 6.07) is 0. The topological polar surface area (TPSA) is 119 Å². The van der Waals surface area contributed by atoms with Crippen LogP contribution in [0.25, 0.3) is 6.08 Å². The summed E-state index contributed by atoms with van der Waals surface area (Å²) in [5.74, 6) is -1.18. The van der Waals surface area contributed by atoms with Crippen LogP contribution in [-0.2, 0) is 21.4 Å². The van der Waals surface area contributed by atoms with Crippen LogP contribution in [0.1, 0.15) is 24.7 Å². The number of aromatic nitrogens is 2. The molecule has 1 heterocycles. The van der Waals surface area contributed by atoms with E-state index in [4.69, 9.17) is 10.8 Å². The molecule has 9 heteroatoms. The molecular formula is C11H16N4O4S. The number of imidazole rings is 1. The van der Waals surface area contributed by atoms with Crippen molar-refractivity contribution in [3.63, 3.8) is 0 Å². The summed E-state index contributed by atoms with van der Waals surface area (Å²) in [5, 5.41) is 8.97. The Morgan fingerprint density at radius 2 is 2.20 bits per heavy atom. The zero-order valence-corrected chi connectivity index (χ0v) is 12.0. The fourth-order valence-electron chi connectivity index (χ4n) is 2.04. The Hall–Kier alpha value is -1.87. The molecule has 3 N–H and O–H groups in total. The number of carboxylic acid groups (broad SMARTS) is 1. The minimum Gasteiger partial charge on any atom is -0.478 e. The average Bonchev–Trinajstić information content (AvgIpc) is 2.72. The van der Waals surface area contributed by atoms with E-state index in [9.17, 15) is 13.2 Å². The van der Waals surface area contributed by atoms with E-state index >= 15 is 0 Å². The monoisotopic (exact) mass is 300 g/mol. The molecule has 0 atom stereocenters. The van der Waals surface area contributed by atoms with Crippen molar-refractivity contribution in [2.24, 2.45) is 0 Å². The van der Waals surface area contributed by atoms with Gasteiger partial charge in [0.05, 0.1) is 11.4 Å². The summed E-state index contributed by atoms with van der Waals surface area (Å²) in [6.07, 6.45) is 1.89. The van der Waals surface area contributed by atoms with E-state index in [1.54, 1.807) is 6.92 Å². The predicted octanol–water partition coefficient (Wildman–Crippen LogP) is -0.0759. The van der Waals surface area contributed by atoms with Crippen molar-refractivity contribution in [1.29, 1.82) is 0 Å². The third-order valence-electron chi connectivity index (χ3n) is 3.27. The molecule has 0 unspecified atom stereocenters. The third kappa shape index (κ3) is 2.18. The molecule has 0 aliphatic heterocycles. The maximum Gasteiger partial charge on any atom is 0.331 e. The van der Waals surface area contributed by atoms with E-state index in [2.05, 4.69) is 4.98 Å².